The van der Waals surface area contributed by atoms with Gasteiger partial charge in [-0.25, -0.2) is 4.68 Å². The van der Waals surface area contributed by atoms with Gasteiger partial charge in [0, 0.05) is 13.6 Å². The van der Waals surface area contributed by atoms with Crippen molar-refractivity contribution in [2.24, 2.45) is 7.05 Å². The highest BCUT2D eigenvalue weighted by Crippen LogP contribution is 2.29. The smallest absolute Gasteiger partial charge is 0.222 e. The summed E-state index contributed by atoms with van der Waals surface area (Å²) in [6.45, 7) is 4.89. The summed E-state index contributed by atoms with van der Waals surface area (Å²) in [7, 11) is 3.84. The quantitative estimate of drug-likeness (QED) is 0.897. The van der Waals surface area contributed by atoms with Crippen LogP contribution in [0.1, 0.15) is 23.7 Å². The molecule has 1 heterocycles. The Kier molecular flexibility index (Phi) is 4.22. The molecule has 0 atom stereocenters. The van der Waals surface area contributed by atoms with Crippen LogP contribution in [0.25, 0.3) is 0 Å². The SMILES string of the molecule is CCc1ccccc1Oc1c(CNC)c(C)nn1C. The van der Waals surface area contributed by atoms with Crippen molar-refractivity contribution in [3.63, 3.8) is 0 Å². The van der Waals surface area contributed by atoms with Gasteiger partial charge in [0.25, 0.3) is 0 Å². The van der Waals surface area contributed by atoms with E-state index in [4.69, 9.17) is 4.74 Å². The van der Waals surface area contributed by atoms with Crippen molar-refractivity contribution in [2.75, 3.05) is 7.05 Å². The fourth-order valence-corrected chi connectivity index (χ4v) is 2.19. The molecule has 102 valence electrons. The van der Waals surface area contributed by atoms with E-state index in [1.165, 1.54) is 5.56 Å². The van der Waals surface area contributed by atoms with Crippen molar-refractivity contribution in [1.29, 1.82) is 0 Å². The molecule has 0 aliphatic carbocycles. The Bertz CT molecular complexity index is 561. The standard InChI is InChI=1S/C15H21N3O/c1-5-12-8-6-7-9-14(12)19-15-13(10-16-3)11(2)17-18(15)4/h6-9,16H,5,10H2,1-4H3. The van der Waals surface area contributed by atoms with Gasteiger partial charge in [-0.2, -0.15) is 5.10 Å². The first-order valence-corrected chi connectivity index (χ1v) is 6.60. The van der Waals surface area contributed by atoms with E-state index < -0.39 is 0 Å². The third kappa shape index (κ3) is 2.79. The third-order valence-corrected chi connectivity index (χ3v) is 3.20. The van der Waals surface area contributed by atoms with Gasteiger partial charge in [-0.15, -0.1) is 0 Å². The molecule has 0 saturated heterocycles. The fraction of sp³-hybridized carbons (Fsp3) is 0.400. The van der Waals surface area contributed by atoms with E-state index in [9.17, 15) is 0 Å². The molecule has 4 nitrogen and oxygen atoms in total. The van der Waals surface area contributed by atoms with Crippen LogP contribution in [0.15, 0.2) is 24.3 Å². The zero-order valence-electron chi connectivity index (χ0n) is 12.0. The number of aryl methyl sites for hydroxylation is 3. The molecule has 0 unspecified atom stereocenters. The first-order chi connectivity index (χ1) is 9.17. The number of aromatic nitrogens is 2. The summed E-state index contributed by atoms with van der Waals surface area (Å²) >= 11 is 0. The molecule has 0 saturated carbocycles. The molecule has 0 amide bonds. The Labute approximate surface area is 114 Å². The van der Waals surface area contributed by atoms with E-state index in [-0.39, 0.29) is 0 Å². The Balaban J connectivity index is 2.37. The van der Waals surface area contributed by atoms with Crippen LogP contribution in [0.2, 0.25) is 0 Å². The molecule has 0 fully saturated rings. The van der Waals surface area contributed by atoms with Crippen LogP contribution < -0.4 is 10.1 Å². The van der Waals surface area contributed by atoms with Gasteiger partial charge in [0.2, 0.25) is 5.88 Å². The molecule has 1 aromatic carbocycles. The molecule has 1 aromatic heterocycles. The van der Waals surface area contributed by atoms with E-state index in [1.54, 1.807) is 4.68 Å². The second kappa shape index (κ2) is 5.89. The molecular weight excluding hydrogens is 238 g/mol. The topological polar surface area (TPSA) is 39.1 Å². The summed E-state index contributed by atoms with van der Waals surface area (Å²) in [6.07, 6.45) is 0.953. The summed E-state index contributed by atoms with van der Waals surface area (Å²) in [6, 6.07) is 8.13. The van der Waals surface area contributed by atoms with E-state index in [1.807, 2.05) is 39.2 Å². The number of hydrogen-bond acceptors (Lipinski definition) is 3. The maximum atomic E-state index is 6.10. The van der Waals surface area contributed by atoms with Crippen LogP contribution in [0.3, 0.4) is 0 Å². The molecule has 1 N–H and O–H groups in total. The Morgan fingerprint density at radius 3 is 2.74 bits per heavy atom. The number of ether oxygens (including phenoxy) is 1. The van der Waals surface area contributed by atoms with Crippen LogP contribution in [-0.4, -0.2) is 16.8 Å². The highest BCUT2D eigenvalue weighted by atomic mass is 16.5. The molecule has 0 bridgehead atoms. The van der Waals surface area contributed by atoms with Crippen molar-refractivity contribution in [1.82, 2.24) is 15.1 Å². The number of rotatable bonds is 5. The summed E-state index contributed by atoms with van der Waals surface area (Å²) in [5, 5.41) is 7.59. The van der Waals surface area contributed by atoms with Crippen LogP contribution in [0.4, 0.5) is 0 Å². The number of hydrogen-bond donors (Lipinski definition) is 1. The van der Waals surface area contributed by atoms with E-state index in [0.29, 0.717) is 0 Å². The maximum Gasteiger partial charge on any atom is 0.222 e. The monoisotopic (exact) mass is 259 g/mol. The number of benzene rings is 1. The predicted molar refractivity (Wildman–Crippen MR) is 76.6 cm³/mol. The van der Waals surface area contributed by atoms with Crippen LogP contribution in [0.5, 0.6) is 11.6 Å². The van der Waals surface area contributed by atoms with Crippen molar-refractivity contribution in [3.8, 4) is 11.6 Å². The summed E-state index contributed by atoms with van der Waals surface area (Å²) in [4.78, 5) is 0. The first-order valence-electron chi connectivity index (χ1n) is 6.60. The zero-order valence-corrected chi connectivity index (χ0v) is 12.0. The second-order valence-corrected chi connectivity index (χ2v) is 4.59. The minimum Gasteiger partial charge on any atom is -0.439 e. The van der Waals surface area contributed by atoms with Gasteiger partial charge < -0.3 is 10.1 Å². The van der Waals surface area contributed by atoms with Crippen molar-refractivity contribution in [2.45, 2.75) is 26.8 Å². The average Bonchev–Trinajstić information content (AvgIpc) is 2.67. The second-order valence-electron chi connectivity index (χ2n) is 4.59. The lowest BCUT2D eigenvalue weighted by Gasteiger charge is -2.11. The van der Waals surface area contributed by atoms with Gasteiger partial charge in [0.15, 0.2) is 0 Å². The number of para-hydroxylation sites is 1. The third-order valence-electron chi connectivity index (χ3n) is 3.20. The molecule has 2 aromatic rings. The van der Waals surface area contributed by atoms with Crippen LogP contribution in [-0.2, 0) is 20.0 Å². The van der Waals surface area contributed by atoms with Gasteiger partial charge in [-0.05, 0) is 32.0 Å². The van der Waals surface area contributed by atoms with Gasteiger partial charge in [-0.3, -0.25) is 0 Å². The zero-order chi connectivity index (χ0) is 13.8. The Hall–Kier alpha value is -1.81. The lowest BCUT2D eigenvalue weighted by atomic mass is 10.1. The van der Waals surface area contributed by atoms with Gasteiger partial charge in [0.05, 0.1) is 11.3 Å². The molecule has 0 spiro atoms. The van der Waals surface area contributed by atoms with E-state index in [0.717, 1.165) is 35.9 Å². The highest BCUT2D eigenvalue weighted by molar-refractivity contribution is 5.39. The molecule has 19 heavy (non-hydrogen) atoms. The predicted octanol–water partition coefficient (Wildman–Crippen LogP) is 2.80. The first kappa shape index (κ1) is 13.6. The molecule has 4 heteroatoms. The summed E-state index contributed by atoms with van der Waals surface area (Å²) in [5.74, 6) is 1.72. The van der Waals surface area contributed by atoms with Gasteiger partial charge >= 0.3 is 0 Å². The van der Waals surface area contributed by atoms with Gasteiger partial charge in [-0.1, -0.05) is 25.1 Å². The van der Waals surface area contributed by atoms with Crippen molar-refractivity contribution < 1.29 is 4.74 Å². The molecule has 0 aliphatic rings. The van der Waals surface area contributed by atoms with Crippen molar-refractivity contribution >= 4 is 0 Å². The van der Waals surface area contributed by atoms with E-state index >= 15 is 0 Å². The minimum atomic E-state index is 0.753. The van der Waals surface area contributed by atoms with E-state index in [2.05, 4.69) is 23.4 Å². The Morgan fingerprint density at radius 2 is 2.05 bits per heavy atom. The molecule has 2 rings (SSSR count). The molecule has 0 aliphatic heterocycles. The Morgan fingerprint density at radius 1 is 1.32 bits per heavy atom. The average molecular weight is 259 g/mol. The highest BCUT2D eigenvalue weighted by Gasteiger charge is 2.15. The number of nitrogens with zero attached hydrogens (tertiary/aromatic N) is 2. The van der Waals surface area contributed by atoms with Crippen molar-refractivity contribution in [3.05, 3.63) is 41.1 Å². The van der Waals surface area contributed by atoms with Gasteiger partial charge in [0.1, 0.15) is 5.75 Å². The van der Waals surface area contributed by atoms with Crippen LogP contribution >= 0.6 is 0 Å². The van der Waals surface area contributed by atoms with Crippen LogP contribution in [0, 0.1) is 6.92 Å². The molecular formula is C15H21N3O. The summed E-state index contributed by atoms with van der Waals surface area (Å²) < 4.78 is 7.90. The largest absolute Gasteiger partial charge is 0.439 e. The minimum absolute atomic E-state index is 0.753. The lowest BCUT2D eigenvalue weighted by molar-refractivity contribution is 0.420. The number of nitrogens with one attached hydrogen (secondary N) is 1. The lowest BCUT2D eigenvalue weighted by Crippen LogP contribution is -2.07. The summed E-state index contributed by atoms with van der Waals surface area (Å²) in [5.41, 5.74) is 3.31. The normalized spacial score (nSPS) is 10.7. The fourth-order valence-electron chi connectivity index (χ4n) is 2.19. The molecule has 0 radical (unpaired) electrons. The maximum absolute atomic E-state index is 6.10.